The monoisotopic (exact) mass is 506 g/mol. The first-order chi connectivity index (χ1) is 17.8. The number of fused-ring (bicyclic) bond motifs is 1. The summed E-state index contributed by atoms with van der Waals surface area (Å²) >= 11 is 0. The molecule has 4 atom stereocenters. The second kappa shape index (κ2) is 9.82. The number of hydrogen-bond donors (Lipinski definition) is 2. The SMILES string of the molecule is COc1ccc(C2NC(Cc3ccccc3)(C(=O)O)C3C(=O)N(C4CCCCC4)C(=O)C23)c(OC)c1C. The van der Waals surface area contributed by atoms with Crippen molar-refractivity contribution in [3.8, 4) is 11.5 Å². The number of likely N-dealkylation sites (tertiary alicyclic amines) is 1. The Labute approximate surface area is 216 Å². The Hall–Kier alpha value is -3.39. The van der Waals surface area contributed by atoms with E-state index in [1.165, 1.54) is 4.90 Å². The summed E-state index contributed by atoms with van der Waals surface area (Å²) < 4.78 is 11.2. The summed E-state index contributed by atoms with van der Waals surface area (Å²) in [4.78, 5) is 42.6. The topological polar surface area (TPSA) is 105 Å². The number of nitrogens with one attached hydrogen (secondary N) is 1. The average Bonchev–Trinajstić information content (AvgIpc) is 3.38. The fourth-order valence-corrected chi connectivity index (χ4v) is 6.78. The molecule has 2 saturated heterocycles. The third-order valence-corrected chi connectivity index (χ3v) is 8.48. The van der Waals surface area contributed by atoms with Crippen molar-refractivity contribution in [1.29, 1.82) is 0 Å². The predicted molar refractivity (Wildman–Crippen MR) is 136 cm³/mol. The largest absolute Gasteiger partial charge is 0.496 e. The zero-order valence-corrected chi connectivity index (χ0v) is 21.5. The molecule has 2 aromatic rings. The standard InChI is InChI=1S/C29H34N2O6/c1-17-21(36-2)15-14-20(25(17)37-3)24-22-23(27(33)31(26(22)32)19-12-8-5-9-13-19)29(30-24,28(34)35)16-18-10-6-4-7-11-18/h4,6-7,10-11,14-15,19,22-24,30H,5,8-9,12-13,16H2,1-3H3,(H,34,35). The van der Waals surface area contributed by atoms with Gasteiger partial charge in [-0.25, -0.2) is 0 Å². The van der Waals surface area contributed by atoms with Crippen molar-refractivity contribution in [3.63, 3.8) is 0 Å². The summed E-state index contributed by atoms with van der Waals surface area (Å²) in [6.07, 6.45) is 4.60. The Morgan fingerprint density at radius 3 is 2.35 bits per heavy atom. The minimum Gasteiger partial charge on any atom is -0.496 e. The predicted octanol–water partition coefficient (Wildman–Crippen LogP) is 3.66. The zero-order valence-electron chi connectivity index (χ0n) is 21.5. The van der Waals surface area contributed by atoms with Crippen molar-refractivity contribution < 1.29 is 29.0 Å². The van der Waals surface area contributed by atoms with Gasteiger partial charge >= 0.3 is 5.97 Å². The van der Waals surface area contributed by atoms with E-state index >= 15 is 0 Å². The van der Waals surface area contributed by atoms with Crippen molar-refractivity contribution >= 4 is 17.8 Å². The lowest BCUT2D eigenvalue weighted by atomic mass is 9.76. The number of nitrogens with zero attached hydrogens (tertiary/aromatic N) is 1. The molecule has 0 aromatic heterocycles. The molecule has 2 aromatic carbocycles. The molecule has 2 aliphatic heterocycles. The number of imide groups is 1. The Balaban J connectivity index is 1.66. The first-order valence-electron chi connectivity index (χ1n) is 13.0. The van der Waals surface area contributed by atoms with Gasteiger partial charge in [-0.05, 0) is 31.4 Å². The van der Waals surface area contributed by atoms with Gasteiger partial charge in [0.25, 0.3) is 0 Å². The van der Waals surface area contributed by atoms with Crippen molar-refractivity contribution in [1.82, 2.24) is 10.2 Å². The van der Waals surface area contributed by atoms with Gasteiger partial charge in [-0.1, -0.05) is 55.7 Å². The molecule has 8 heteroatoms. The molecule has 3 aliphatic rings. The van der Waals surface area contributed by atoms with Crippen LogP contribution in [0.15, 0.2) is 42.5 Å². The van der Waals surface area contributed by atoms with Gasteiger partial charge in [-0.15, -0.1) is 0 Å². The minimum atomic E-state index is -1.65. The van der Waals surface area contributed by atoms with Crippen LogP contribution in [0, 0.1) is 18.8 Å². The summed E-state index contributed by atoms with van der Waals surface area (Å²) in [5.41, 5.74) is 0.536. The molecular formula is C29H34N2O6. The number of hydrogen-bond acceptors (Lipinski definition) is 6. The van der Waals surface area contributed by atoms with E-state index in [0.717, 1.165) is 43.2 Å². The lowest BCUT2D eigenvalue weighted by molar-refractivity contribution is -0.152. The highest BCUT2D eigenvalue weighted by atomic mass is 16.5. The minimum absolute atomic E-state index is 0.0792. The van der Waals surface area contributed by atoms with Crippen LogP contribution >= 0.6 is 0 Å². The summed E-state index contributed by atoms with van der Waals surface area (Å²) in [7, 11) is 3.11. The van der Waals surface area contributed by atoms with E-state index in [1.54, 1.807) is 26.4 Å². The lowest BCUT2D eigenvalue weighted by Crippen LogP contribution is -2.58. The summed E-state index contributed by atoms with van der Waals surface area (Å²) in [6, 6.07) is 12.0. The highest BCUT2D eigenvalue weighted by Crippen LogP contribution is 2.53. The number of carboxylic acids is 1. The number of ether oxygens (including phenoxy) is 2. The van der Waals surface area contributed by atoms with Crippen molar-refractivity contribution in [3.05, 3.63) is 59.2 Å². The van der Waals surface area contributed by atoms with Crippen LogP contribution < -0.4 is 14.8 Å². The van der Waals surface area contributed by atoms with Crippen LogP contribution in [0.5, 0.6) is 11.5 Å². The van der Waals surface area contributed by atoms with Gasteiger partial charge in [0.2, 0.25) is 11.8 Å². The lowest BCUT2D eigenvalue weighted by Gasteiger charge is -2.35. The molecule has 0 radical (unpaired) electrons. The van der Waals surface area contributed by atoms with Crippen LogP contribution in [-0.4, -0.2) is 53.6 Å². The molecule has 5 rings (SSSR count). The van der Waals surface area contributed by atoms with Crippen LogP contribution in [0.3, 0.4) is 0 Å². The molecule has 4 unspecified atom stereocenters. The first kappa shape index (κ1) is 25.3. The molecule has 37 heavy (non-hydrogen) atoms. The molecule has 3 fully saturated rings. The van der Waals surface area contributed by atoms with Crippen LogP contribution in [0.25, 0.3) is 0 Å². The molecule has 196 valence electrons. The molecule has 1 saturated carbocycles. The molecular weight excluding hydrogens is 472 g/mol. The van der Waals surface area contributed by atoms with Crippen LogP contribution in [0.4, 0.5) is 0 Å². The fraction of sp³-hybridized carbons (Fsp3) is 0.483. The van der Waals surface area contributed by atoms with Gasteiger partial charge in [0.1, 0.15) is 17.0 Å². The smallest absolute Gasteiger partial charge is 0.325 e. The van der Waals surface area contributed by atoms with E-state index in [-0.39, 0.29) is 24.3 Å². The molecule has 0 spiro atoms. The van der Waals surface area contributed by atoms with Crippen LogP contribution in [0.2, 0.25) is 0 Å². The van der Waals surface area contributed by atoms with E-state index in [4.69, 9.17) is 9.47 Å². The Morgan fingerprint density at radius 2 is 1.73 bits per heavy atom. The summed E-state index contributed by atoms with van der Waals surface area (Å²) in [6.45, 7) is 1.86. The number of aliphatic carboxylic acids is 1. The quantitative estimate of drug-likeness (QED) is 0.552. The molecule has 2 N–H and O–H groups in total. The Bertz CT molecular complexity index is 1210. The Kier molecular flexibility index (Phi) is 6.70. The maximum absolute atomic E-state index is 14.1. The van der Waals surface area contributed by atoms with E-state index in [1.807, 2.05) is 37.3 Å². The number of amides is 2. The number of benzene rings is 2. The van der Waals surface area contributed by atoms with Gasteiger partial charge in [-0.3, -0.25) is 24.6 Å². The van der Waals surface area contributed by atoms with Crippen molar-refractivity contribution in [2.45, 2.75) is 63.1 Å². The number of methoxy groups -OCH3 is 2. The van der Waals surface area contributed by atoms with E-state index in [0.29, 0.717) is 17.1 Å². The normalized spacial score (nSPS) is 27.9. The summed E-state index contributed by atoms with van der Waals surface area (Å²) in [5.74, 6) is -2.53. The maximum Gasteiger partial charge on any atom is 0.325 e. The summed E-state index contributed by atoms with van der Waals surface area (Å²) in [5, 5.41) is 14.0. The molecule has 1 aliphatic carbocycles. The van der Waals surface area contributed by atoms with Gasteiger partial charge < -0.3 is 14.6 Å². The van der Waals surface area contributed by atoms with Gasteiger partial charge in [0.15, 0.2) is 0 Å². The number of carbonyl (C=O) groups excluding carboxylic acids is 2. The second-order valence-electron chi connectivity index (χ2n) is 10.4. The molecule has 0 bridgehead atoms. The van der Waals surface area contributed by atoms with Crippen LogP contribution in [-0.2, 0) is 20.8 Å². The maximum atomic E-state index is 14.1. The number of carbonyl (C=O) groups is 3. The number of carboxylic acid groups (broad SMARTS) is 1. The first-order valence-corrected chi connectivity index (χ1v) is 13.0. The third-order valence-electron chi connectivity index (χ3n) is 8.48. The van der Waals surface area contributed by atoms with Crippen molar-refractivity contribution in [2.75, 3.05) is 14.2 Å². The molecule has 8 nitrogen and oxygen atoms in total. The second-order valence-corrected chi connectivity index (χ2v) is 10.4. The average molecular weight is 507 g/mol. The van der Waals surface area contributed by atoms with Gasteiger partial charge in [-0.2, -0.15) is 0 Å². The molecule has 2 heterocycles. The van der Waals surface area contributed by atoms with Crippen molar-refractivity contribution in [2.24, 2.45) is 11.8 Å². The van der Waals surface area contributed by atoms with Crippen LogP contribution in [0.1, 0.15) is 54.8 Å². The Morgan fingerprint density at radius 1 is 1.03 bits per heavy atom. The van der Waals surface area contributed by atoms with E-state index in [2.05, 4.69) is 5.32 Å². The molecule has 2 amide bonds. The third kappa shape index (κ3) is 3.98. The fourth-order valence-electron chi connectivity index (χ4n) is 6.78. The highest BCUT2D eigenvalue weighted by Gasteiger charge is 2.69. The van der Waals surface area contributed by atoms with Gasteiger partial charge in [0, 0.05) is 29.6 Å². The highest BCUT2D eigenvalue weighted by molar-refractivity contribution is 6.10. The zero-order chi connectivity index (χ0) is 26.3. The van der Waals surface area contributed by atoms with E-state index in [9.17, 15) is 19.5 Å². The van der Waals surface area contributed by atoms with Gasteiger partial charge in [0.05, 0.1) is 26.1 Å². The number of rotatable bonds is 7. The van der Waals surface area contributed by atoms with E-state index < -0.39 is 29.4 Å².